The number of nitrogens with two attached hydrogens (primary N) is 1. The summed E-state index contributed by atoms with van der Waals surface area (Å²) in [5.41, 5.74) is 5.80. The van der Waals surface area contributed by atoms with E-state index in [1.54, 1.807) is 36.4 Å². The molecule has 0 amide bonds. The first-order valence-electron chi connectivity index (χ1n) is 5.54. The molecule has 0 saturated carbocycles. The maximum atomic E-state index is 10.4. The number of benzene rings is 2. The van der Waals surface area contributed by atoms with Gasteiger partial charge in [-0.05, 0) is 30.3 Å². The molecule has 2 aromatic rings. The summed E-state index contributed by atoms with van der Waals surface area (Å²) in [6, 6.07) is 12.2. The quantitative estimate of drug-likeness (QED) is 0.441. The van der Waals surface area contributed by atoms with Crippen molar-refractivity contribution < 1.29 is 13.0 Å². The maximum Gasteiger partial charge on any atom is 0.294 e. The summed E-state index contributed by atoms with van der Waals surface area (Å²) in [6.45, 7) is 0. The van der Waals surface area contributed by atoms with E-state index in [1.165, 1.54) is 12.1 Å². The highest BCUT2D eigenvalue weighted by atomic mass is 35.5. The van der Waals surface area contributed by atoms with Gasteiger partial charge in [-0.25, -0.2) is 0 Å². The van der Waals surface area contributed by atoms with E-state index < -0.39 is 10.1 Å². The predicted octanol–water partition coefficient (Wildman–Crippen LogP) is 3.21. The van der Waals surface area contributed by atoms with Crippen LogP contribution in [-0.2, 0) is 10.1 Å². The van der Waals surface area contributed by atoms with Crippen molar-refractivity contribution in [2.24, 2.45) is 5.73 Å². The summed E-state index contributed by atoms with van der Waals surface area (Å²) < 4.78 is 29.2. The van der Waals surface area contributed by atoms with Gasteiger partial charge in [0.05, 0.1) is 14.9 Å². The lowest BCUT2D eigenvalue weighted by Gasteiger charge is -1.99. The Morgan fingerprint density at radius 1 is 1.05 bits per heavy atom. The zero-order valence-electron chi connectivity index (χ0n) is 10.6. The molecule has 21 heavy (non-hydrogen) atoms. The van der Waals surface area contributed by atoms with Gasteiger partial charge in [-0.1, -0.05) is 41.4 Å². The zero-order valence-corrected chi connectivity index (χ0v) is 13.0. The Morgan fingerprint density at radius 3 is 2.00 bits per heavy atom. The first-order chi connectivity index (χ1) is 9.71. The fourth-order valence-corrected chi connectivity index (χ4v) is 2.06. The zero-order chi connectivity index (χ0) is 16.0. The molecule has 0 aliphatic rings. The van der Waals surface area contributed by atoms with Gasteiger partial charge in [-0.15, -0.1) is 0 Å². The molecule has 4 N–H and O–H groups in total. The fourth-order valence-electron chi connectivity index (χ4n) is 1.26. The highest BCUT2D eigenvalue weighted by molar-refractivity contribution is 7.85. The van der Waals surface area contributed by atoms with E-state index in [-0.39, 0.29) is 10.7 Å². The van der Waals surface area contributed by atoms with Crippen LogP contribution in [0.5, 0.6) is 0 Å². The van der Waals surface area contributed by atoms with Crippen LogP contribution in [0.3, 0.4) is 0 Å². The molecule has 5 nitrogen and oxygen atoms in total. The molecule has 0 heterocycles. The number of halogens is 2. The van der Waals surface area contributed by atoms with Crippen molar-refractivity contribution >= 4 is 39.2 Å². The minimum absolute atomic E-state index is 0.0106. The second-order valence-electron chi connectivity index (χ2n) is 3.83. The Morgan fingerprint density at radius 2 is 1.62 bits per heavy atom. The Balaban J connectivity index is 0.000000211. The molecule has 112 valence electrons. The molecule has 0 atom stereocenters. The molecule has 8 heteroatoms. The van der Waals surface area contributed by atoms with E-state index in [1.807, 2.05) is 0 Å². The van der Waals surface area contributed by atoms with E-state index in [4.69, 9.17) is 38.9 Å². The molecule has 0 unspecified atom stereocenters. The smallest absolute Gasteiger partial charge is 0.294 e. The third-order valence-corrected chi connectivity index (χ3v) is 3.88. The summed E-state index contributed by atoms with van der Waals surface area (Å²) in [4.78, 5) is -0.0741. The van der Waals surface area contributed by atoms with E-state index in [0.29, 0.717) is 15.6 Å². The number of hydrogen-bond acceptors (Lipinski definition) is 3. The van der Waals surface area contributed by atoms with Gasteiger partial charge < -0.3 is 5.73 Å². The van der Waals surface area contributed by atoms with E-state index in [0.717, 1.165) is 0 Å². The Labute approximate surface area is 132 Å². The molecular weight excluding hydrogens is 335 g/mol. The van der Waals surface area contributed by atoms with Gasteiger partial charge in [0.15, 0.2) is 0 Å². The van der Waals surface area contributed by atoms with Gasteiger partial charge in [0.25, 0.3) is 10.1 Å². The van der Waals surface area contributed by atoms with E-state index in [9.17, 15) is 8.42 Å². The Hall–Kier alpha value is -1.60. The van der Waals surface area contributed by atoms with Crippen LogP contribution < -0.4 is 5.73 Å². The monoisotopic (exact) mass is 346 g/mol. The lowest BCUT2D eigenvalue weighted by Crippen LogP contribution is -2.10. The van der Waals surface area contributed by atoms with E-state index >= 15 is 0 Å². The van der Waals surface area contributed by atoms with Gasteiger partial charge in [-0.2, -0.15) is 8.42 Å². The lowest BCUT2D eigenvalue weighted by atomic mass is 10.2. The molecule has 0 bridgehead atoms. The molecule has 0 radical (unpaired) electrons. The van der Waals surface area contributed by atoms with Crippen molar-refractivity contribution in [2.75, 3.05) is 0 Å². The SMILES string of the molecule is N=C(N)c1ccc(Cl)c(Cl)c1.O=S(=O)(O)c1ccccc1. The van der Waals surface area contributed by atoms with Crippen molar-refractivity contribution in [3.63, 3.8) is 0 Å². The van der Waals surface area contributed by atoms with Crippen LogP contribution in [0.25, 0.3) is 0 Å². The van der Waals surface area contributed by atoms with Crippen LogP contribution in [0.15, 0.2) is 53.4 Å². The van der Waals surface area contributed by atoms with Crippen LogP contribution in [0.2, 0.25) is 10.0 Å². The van der Waals surface area contributed by atoms with Crippen molar-refractivity contribution in [2.45, 2.75) is 4.90 Å². The molecule has 0 aliphatic carbocycles. The Bertz CT molecular complexity index is 734. The summed E-state index contributed by atoms with van der Waals surface area (Å²) in [5.74, 6) is -0.0106. The average molecular weight is 347 g/mol. The van der Waals surface area contributed by atoms with Gasteiger partial charge in [-0.3, -0.25) is 9.96 Å². The standard InChI is InChI=1S/C7H6Cl2N2.C6H6O3S/c8-5-2-1-4(7(10)11)3-6(5)9;7-10(8,9)6-4-2-1-3-5-6/h1-3H,(H3,10,11);1-5H,(H,7,8,9). The molecule has 0 fully saturated rings. The topological polar surface area (TPSA) is 104 Å². The van der Waals surface area contributed by atoms with Gasteiger partial charge in [0.2, 0.25) is 0 Å². The average Bonchev–Trinajstić information content (AvgIpc) is 2.42. The van der Waals surface area contributed by atoms with Crippen molar-refractivity contribution in [1.29, 1.82) is 5.41 Å². The van der Waals surface area contributed by atoms with Crippen LogP contribution >= 0.6 is 23.2 Å². The summed E-state index contributed by atoms with van der Waals surface area (Å²) in [5, 5.41) is 7.96. The minimum atomic E-state index is -4.00. The number of nitrogens with one attached hydrogen (secondary N) is 1. The highest BCUT2D eigenvalue weighted by Crippen LogP contribution is 2.22. The lowest BCUT2D eigenvalue weighted by molar-refractivity contribution is 0.483. The van der Waals surface area contributed by atoms with E-state index in [2.05, 4.69) is 0 Å². The molecule has 2 aromatic carbocycles. The third kappa shape index (κ3) is 5.73. The van der Waals surface area contributed by atoms with Crippen LogP contribution in [0.4, 0.5) is 0 Å². The van der Waals surface area contributed by atoms with Gasteiger partial charge in [0.1, 0.15) is 5.84 Å². The normalized spacial score (nSPS) is 10.4. The van der Waals surface area contributed by atoms with Gasteiger partial charge >= 0.3 is 0 Å². The number of nitrogen functional groups attached to an aromatic ring is 1. The number of rotatable bonds is 2. The fraction of sp³-hybridized carbons (Fsp3) is 0. The molecule has 0 aromatic heterocycles. The van der Waals surface area contributed by atoms with Crippen molar-refractivity contribution in [3.8, 4) is 0 Å². The van der Waals surface area contributed by atoms with Gasteiger partial charge in [0, 0.05) is 5.56 Å². The maximum absolute atomic E-state index is 10.4. The molecule has 0 saturated heterocycles. The number of hydrogen-bond donors (Lipinski definition) is 3. The third-order valence-electron chi connectivity index (χ3n) is 2.27. The Kier molecular flexibility index (Phi) is 6.17. The first-order valence-corrected chi connectivity index (χ1v) is 7.73. The summed E-state index contributed by atoms with van der Waals surface area (Å²) >= 11 is 11.3. The molecule has 0 aliphatic heterocycles. The second kappa shape index (κ2) is 7.42. The van der Waals surface area contributed by atoms with Crippen molar-refractivity contribution in [1.82, 2.24) is 0 Å². The largest absolute Gasteiger partial charge is 0.384 e. The van der Waals surface area contributed by atoms with Crippen LogP contribution in [0.1, 0.15) is 5.56 Å². The molecule has 2 rings (SSSR count). The second-order valence-corrected chi connectivity index (χ2v) is 6.07. The highest BCUT2D eigenvalue weighted by Gasteiger charge is 2.05. The molecular formula is C13H12Cl2N2O3S. The summed E-state index contributed by atoms with van der Waals surface area (Å²) in [6.07, 6.45) is 0. The van der Waals surface area contributed by atoms with Crippen LogP contribution in [-0.4, -0.2) is 18.8 Å². The number of amidine groups is 1. The summed E-state index contributed by atoms with van der Waals surface area (Å²) in [7, 11) is -4.00. The van der Waals surface area contributed by atoms with Crippen molar-refractivity contribution in [3.05, 3.63) is 64.1 Å². The minimum Gasteiger partial charge on any atom is -0.384 e. The predicted molar refractivity (Wildman–Crippen MR) is 83.7 cm³/mol. The first kappa shape index (κ1) is 17.5. The molecule has 0 spiro atoms. The van der Waals surface area contributed by atoms with Crippen LogP contribution in [0, 0.1) is 5.41 Å².